The summed E-state index contributed by atoms with van der Waals surface area (Å²) >= 11 is 3.55. The second-order valence-electron chi connectivity index (χ2n) is 6.28. The first-order valence-corrected chi connectivity index (χ1v) is 10.3. The zero-order chi connectivity index (χ0) is 19.3. The molecule has 0 radical (unpaired) electrons. The molecule has 1 N–H and O–H groups in total. The summed E-state index contributed by atoms with van der Waals surface area (Å²) in [5.41, 5.74) is 0.600. The monoisotopic (exact) mass is 487 g/mol. The number of pyridine rings is 1. The topological polar surface area (TPSA) is 72.8 Å². The maximum atomic E-state index is 12.6. The number of benzene rings is 1. The highest BCUT2D eigenvalue weighted by molar-refractivity contribution is 14.1. The summed E-state index contributed by atoms with van der Waals surface area (Å²) in [4.78, 5) is 21.7. The van der Waals surface area contributed by atoms with E-state index < -0.39 is 11.0 Å². The number of aryl methyl sites for hydroxylation is 1. The number of ether oxygens (including phenoxy) is 1. The standard InChI is InChI=1S/C18H22IN3O3S/c1-11-6-14(8-12-7-13(19)9-20-15(11)12)25-17(26-5)16(23)22-18(2,3)10-21-24-4/h6-10,17H,1-5H3,(H,22,23). The minimum atomic E-state index is -0.683. The molecule has 2 rings (SSSR count). The van der Waals surface area contributed by atoms with Crippen molar-refractivity contribution >= 4 is 57.4 Å². The van der Waals surface area contributed by atoms with Gasteiger partial charge in [0.25, 0.3) is 5.91 Å². The Morgan fingerprint density at radius 1 is 1.42 bits per heavy atom. The van der Waals surface area contributed by atoms with E-state index in [1.807, 2.05) is 51.4 Å². The number of carbonyl (C=O) groups excluding carboxylic acids is 1. The zero-order valence-electron chi connectivity index (χ0n) is 15.4. The van der Waals surface area contributed by atoms with Gasteiger partial charge in [0.15, 0.2) is 0 Å². The maximum absolute atomic E-state index is 12.6. The molecule has 0 saturated heterocycles. The Morgan fingerprint density at radius 2 is 2.15 bits per heavy atom. The van der Waals surface area contributed by atoms with Gasteiger partial charge in [-0.05, 0) is 73.4 Å². The second-order valence-corrected chi connectivity index (χ2v) is 8.42. The fraction of sp³-hybridized carbons (Fsp3) is 0.389. The predicted octanol–water partition coefficient (Wildman–Crippen LogP) is 3.74. The molecule has 26 heavy (non-hydrogen) atoms. The molecule has 2 aromatic rings. The van der Waals surface area contributed by atoms with Gasteiger partial charge in [0.05, 0.1) is 17.3 Å². The third kappa shape index (κ3) is 5.47. The molecule has 0 bridgehead atoms. The molecule has 1 atom stereocenters. The predicted molar refractivity (Wildman–Crippen MR) is 115 cm³/mol. The molecule has 0 aliphatic heterocycles. The molecule has 1 unspecified atom stereocenters. The fourth-order valence-corrected chi connectivity index (χ4v) is 3.32. The van der Waals surface area contributed by atoms with Crippen molar-refractivity contribution < 1.29 is 14.4 Å². The van der Waals surface area contributed by atoms with Crippen molar-refractivity contribution in [3.63, 3.8) is 0 Å². The normalized spacial score (nSPS) is 13.0. The van der Waals surface area contributed by atoms with E-state index in [1.54, 1.807) is 0 Å². The van der Waals surface area contributed by atoms with Gasteiger partial charge in [0.2, 0.25) is 5.44 Å². The summed E-state index contributed by atoms with van der Waals surface area (Å²) in [6.07, 6.45) is 5.20. The van der Waals surface area contributed by atoms with Crippen molar-refractivity contribution in [1.82, 2.24) is 10.3 Å². The zero-order valence-corrected chi connectivity index (χ0v) is 18.3. The Kier molecular flexibility index (Phi) is 7.10. The molecule has 1 amide bonds. The van der Waals surface area contributed by atoms with E-state index in [4.69, 9.17) is 4.74 Å². The summed E-state index contributed by atoms with van der Waals surface area (Å²) in [5.74, 6) is 0.403. The molecule has 0 aliphatic rings. The number of amides is 1. The van der Waals surface area contributed by atoms with Crippen LogP contribution in [0.1, 0.15) is 19.4 Å². The largest absolute Gasteiger partial charge is 0.470 e. The van der Waals surface area contributed by atoms with Gasteiger partial charge >= 0.3 is 0 Å². The molecule has 0 saturated carbocycles. The average molecular weight is 487 g/mol. The van der Waals surface area contributed by atoms with Crippen molar-refractivity contribution in [2.24, 2.45) is 5.16 Å². The first-order valence-electron chi connectivity index (χ1n) is 7.91. The second kappa shape index (κ2) is 8.90. The van der Waals surface area contributed by atoms with E-state index in [2.05, 4.69) is 42.9 Å². The van der Waals surface area contributed by atoms with E-state index in [9.17, 15) is 4.79 Å². The van der Waals surface area contributed by atoms with Crippen LogP contribution in [0.15, 0.2) is 29.6 Å². The SMILES string of the molecule is CON=CC(C)(C)NC(=O)C(Oc1cc(C)c2ncc(I)cc2c1)SC. The van der Waals surface area contributed by atoms with Crippen LogP contribution in [0.2, 0.25) is 0 Å². The highest BCUT2D eigenvalue weighted by atomic mass is 127. The van der Waals surface area contributed by atoms with Gasteiger partial charge in [-0.25, -0.2) is 0 Å². The summed E-state index contributed by atoms with van der Waals surface area (Å²) in [6.45, 7) is 5.64. The van der Waals surface area contributed by atoms with Gasteiger partial charge in [-0.3, -0.25) is 9.78 Å². The molecule has 1 aromatic heterocycles. The average Bonchev–Trinajstić information content (AvgIpc) is 2.57. The Morgan fingerprint density at radius 3 is 2.81 bits per heavy atom. The lowest BCUT2D eigenvalue weighted by atomic mass is 10.1. The summed E-state index contributed by atoms with van der Waals surface area (Å²) in [7, 11) is 1.46. The third-order valence-electron chi connectivity index (χ3n) is 3.51. The fourth-order valence-electron chi connectivity index (χ4n) is 2.36. The number of aromatic nitrogens is 1. The van der Waals surface area contributed by atoms with Crippen molar-refractivity contribution in [2.45, 2.75) is 31.7 Å². The van der Waals surface area contributed by atoms with Gasteiger partial charge < -0.3 is 14.9 Å². The number of thioether (sulfide) groups is 1. The quantitative estimate of drug-likeness (QED) is 0.279. The number of nitrogens with zero attached hydrogens (tertiary/aromatic N) is 2. The van der Waals surface area contributed by atoms with Gasteiger partial charge in [0, 0.05) is 15.2 Å². The first kappa shape index (κ1) is 20.8. The minimum Gasteiger partial charge on any atom is -0.470 e. The Balaban J connectivity index is 2.20. The van der Waals surface area contributed by atoms with Crippen LogP contribution in [-0.4, -0.2) is 41.4 Å². The molecule has 0 aliphatic carbocycles. The number of carbonyl (C=O) groups is 1. The van der Waals surface area contributed by atoms with Gasteiger partial charge in [-0.15, -0.1) is 11.8 Å². The first-order chi connectivity index (χ1) is 12.3. The van der Waals surface area contributed by atoms with Gasteiger partial charge in [-0.2, -0.15) is 0 Å². The van der Waals surface area contributed by atoms with Crippen molar-refractivity contribution in [3.05, 3.63) is 33.5 Å². The lowest BCUT2D eigenvalue weighted by molar-refractivity contribution is -0.125. The molecule has 140 valence electrons. The highest BCUT2D eigenvalue weighted by Gasteiger charge is 2.26. The van der Waals surface area contributed by atoms with Crippen molar-refractivity contribution in [3.8, 4) is 5.75 Å². The number of rotatable bonds is 7. The molecule has 8 heteroatoms. The van der Waals surface area contributed by atoms with Crippen LogP contribution in [0.25, 0.3) is 10.9 Å². The summed E-state index contributed by atoms with van der Waals surface area (Å²) in [5, 5.41) is 7.61. The highest BCUT2D eigenvalue weighted by Crippen LogP contribution is 2.27. The van der Waals surface area contributed by atoms with Crippen LogP contribution in [0, 0.1) is 10.5 Å². The number of halogens is 1. The van der Waals surface area contributed by atoms with Crippen LogP contribution in [0.5, 0.6) is 5.75 Å². The Bertz CT molecular complexity index is 827. The number of fused-ring (bicyclic) bond motifs is 1. The summed E-state index contributed by atoms with van der Waals surface area (Å²) < 4.78 is 7.00. The molecule has 0 fully saturated rings. The Labute approximate surface area is 171 Å². The van der Waals surface area contributed by atoms with E-state index in [0.717, 1.165) is 20.0 Å². The van der Waals surface area contributed by atoms with Gasteiger partial charge in [0.1, 0.15) is 12.9 Å². The molecular weight excluding hydrogens is 465 g/mol. The van der Waals surface area contributed by atoms with Gasteiger partial charge in [-0.1, -0.05) is 5.16 Å². The van der Waals surface area contributed by atoms with E-state index in [-0.39, 0.29) is 5.91 Å². The van der Waals surface area contributed by atoms with Crippen LogP contribution < -0.4 is 10.1 Å². The van der Waals surface area contributed by atoms with Crippen LogP contribution in [-0.2, 0) is 9.63 Å². The number of oxime groups is 1. The third-order valence-corrected chi connectivity index (χ3v) is 4.84. The smallest absolute Gasteiger partial charge is 0.272 e. The van der Waals surface area contributed by atoms with Crippen LogP contribution in [0.3, 0.4) is 0 Å². The number of nitrogens with one attached hydrogen (secondary N) is 1. The van der Waals surface area contributed by atoms with Crippen molar-refractivity contribution in [1.29, 1.82) is 0 Å². The lowest BCUT2D eigenvalue weighted by Crippen LogP contribution is -2.49. The molecule has 0 spiro atoms. The van der Waals surface area contributed by atoms with E-state index in [1.165, 1.54) is 25.1 Å². The lowest BCUT2D eigenvalue weighted by Gasteiger charge is -2.24. The number of hydrogen-bond donors (Lipinski definition) is 1. The minimum absolute atomic E-state index is 0.233. The molecule has 1 aromatic carbocycles. The van der Waals surface area contributed by atoms with Crippen LogP contribution >= 0.6 is 34.4 Å². The summed E-state index contributed by atoms with van der Waals surface area (Å²) in [6, 6.07) is 5.85. The number of hydrogen-bond acceptors (Lipinski definition) is 6. The Hall–Kier alpha value is -1.55. The van der Waals surface area contributed by atoms with E-state index in [0.29, 0.717) is 5.75 Å². The van der Waals surface area contributed by atoms with E-state index >= 15 is 0 Å². The van der Waals surface area contributed by atoms with Crippen molar-refractivity contribution in [2.75, 3.05) is 13.4 Å². The molecule has 1 heterocycles. The van der Waals surface area contributed by atoms with Crippen LogP contribution in [0.4, 0.5) is 0 Å². The maximum Gasteiger partial charge on any atom is 0.272 e. The molecule has 6 nitrogen and oxygen atoms in total. The molecular formula is C18H22IN3O3S.